The van der Waals surface area contributed by atoms with E-state index in [0.29, 0.717) is 12.0 Å². The van der Waals surface area contributed by atoms with E-state index in [4.69, 9.17) is 0 Å². The summed E-state index contributed by atoms with van der Waals surface area (Å²) in [4.78, 5) is 13.6. The van der Waals surface area contributed by atoms with E-state index in [1.807, 2.05) is 0 Å². The van der Waals surface area contributed by atoms with Gasteiger partial charge < -0.3 is 5.11 Å². The Kier molecular flexibility index (Phi) is 3.76. The number of carboxylic acids is 1. The van der Waals surface area contributed by atoms with E-state index in [1.54, 1.807) is 0 Å². The molecule has 1 saturated carbocycles. The molecule has 3 unspecified atom stereocenters. The Morgan fingerprint density at radius 2 is 1.82 bits per heavy atom. The zero-order chi connectivity index (χ0) is 12.6. The maximum Gasteiger partial charge on any atom is 0.308 e. The molecule has 1 heterocycles. The number of nitrogens with zero attached hydrogens (tertiary/aromatic N) is 1. The van der Waals surface area contributed by atoms with Crippen molar-refractivity contribution in [3.8, 4) is 0 Å². The molecule has 17 heavy (non-hydrogen) atoms. The zero-order valence-corrected chi connectivity index (χ0v) is 11.2. The number of carbonyl (C=O) groups is 1. The molecule has 0 bridgehead atoms. The fraction of sp³-hybridized carbons (Fsp3) is 0.929. The molecule has 1 N–H and O–H groups in total. The van der Waals surface area contributed by atoms with Gasteiger partial charge in [0.2, 0.25) is 0 Å². The molecule has 1 aliphatic heterocycles. The molecule has 0 spiro atoms. The second-order valence-electron chi connectivity index (χ2n) is 6.34. The Morgan fingerprint density at radius 3 is 2.41 bits per heavy atom. The van der Waals surface area contributed by atoms with Crippen LogP contribution in [0.3, 0.4) is 0 Å². The van der Waals surface area contributed by atoms with Gasteiger partial charge in [-0.15, -0.1) is 0 Å². The molecule has 3 heteroatoms. The van der Waals surface area contributed by atoms with E-state index >= 15 is 0 Å². The van der Waals surface area contributed by atoms with Crippen LogP contribution in [0.2, 0.25) is 0 Å². The standard InChI is InChI=1S/C14H25NO2/c1-9-4-5-10(2)13(6-9)15-7-11(3)12(8-15)14(16)17/h9-13H,4-8H2,1-3H3,(H,16,17)/t9?,10?,11-,12-,13?/m1/s1. The molecule has 0 aromatic heterocycles. The van der Waals surface area contributed by atoms with Crippen molar-refractivity contribution in [2.75, 3.05) is 13.1 Å². The first-order chi connectivity index (χ1) is 7.99. The first-order valence-electron chi connectivity index (χ1n) is 6.96. The van der Waals surface area contributed by atoms with Crippen LogP contribution in [0.5, 0.6) is 0 Å². The highest BCUT2D eigenvalue weighted by Gasteiger charge is 2.40. The predicted octanol–water partition coefficient (Wildman–Crippen LogP) is 2.46. The van der Waals surface area contributed by atoms with Crippen LogP contribution in [0.25, 0.3) is 0 Å². The third-order valence-electron chi connectivity index (χ3n) is 4.84. The summed E-state index contributed by atoms with van der Waals surface area (Å²) in [5.74, 6) is 1.06. The van der Waals surface area contributed by atoms with E-state index in [2.05, 4.69) is 25.7 Å². The summed E-state index contributed by atoms with van der Waals surface area (Å²) < 4.78 is 0. The zero-order valence-electron chi connectivity index (χ0n) is 11.2. The van der Waals surface area contributed by atoms with E-state index in [-0.39, 0.29) is 5.92 Å². The minimum atomic E-state index is -0.614. The molecular weight excluding hydrogens is 214 g/mol. The first kappa shape index (κ1) is 12.9. The second kappa shape index (κ2) is 4.97. The monoisotopic (exact) mass is 239 g/mol. The summed E-state index contributed by atoms with van der Waals surface area (Å²) in [6, 6.07) is 0.616. The lowest BCUT2D eigenvalue weighted by atomic mass is 9.79. The summed E-state index contributed by atoms with van der Waals surface area (Å²) in [6.45, 7) is 8.47. The lowest BCUT2D eigenvalue weighted by Gasteiger charge is -2.39. The highest BCUT2D eigenvalue weighted by Crippen LogP contribution is 2.35. The number of hydrogen-bond donors (Lipinski definition) is 1. The molecular formula is C14H25NO2. The molecule has 0 aromatic rings. The average molecular weight is 239 g/mol. The highest BCUT2D eigenvalue weighted by molar-refractivity contribution is 5.71. The Labute approximate surface area is 104 Å². The smallest absolute Gasteiger partial charge is 0.308 e. The van der Waals surface area contributed by atoms with Crippen molar-refractivity contribution in [1.29, 1.82) is 0 Å². The Morgan fingerprint density at radius 1 is 1.12 bits per heavy atom. The van der Waals surface area contributed by atoms with Crippen molar-refractivity contribution in [1.82, 2.24) is 4.90 Å². The molecule has 2 rings (SSSR count). The molecule has 1 saturated heterocycles. The summed E-state index contributed by atoms with van der Waals surface area (Å²) in [6.07, 6.45) is 3.89. The predicted molar refractivity (Wildman–Crippen MR) is 67.8 cm³/mol. The molecule has 2 aliphatic rings. The lowest BCUT2D eigenvalue weighted by Crippen LogP contribution is -2.42. The Hall–Kier alpha value is -0.570. The molecule has 98 valence electrons. The molecule has 5 atom stereocenters. The first-order valence-corrected chi connectivity index (χ1v) is 6.96. The van der Waals surface area contributed by atoms with Crippen LogP contribution in [-0.4, -0.2) is 35.1 Å². The molecule has 0 radical (unpaired) electrons. The van der Waals surface area contributed by atoms with Gasteiger partial charge in [-0.05, 0) is 30.6 Å². The summed E-state index contributed by atoms with van der Waals surface area (Å²) in [7, 11) is 0. The van der Waals surface area contributed by atoms with Crippen molar-refractivity contribution in [2.45, 2.75) is 46.1 Å². The molecule has 3 nitrogen and oxygen atoms in total. The van der Waals surface area contributed by atoms with Gasteiger partial charge in [0.15, 0.2) is 0 Å². The lowest BCUT2D eigenvalue weighted by molar-refractivity contribution is -0.142. The van der Waals surface area contributed by atoms with Gasteiger partial charge in [-0.2, -0.15) is 0 Å². The van der Waals surface area contributed by atoms with Crippen molar-refractivity contribution in [2.24, 2.45) is 23.7 Å². The molecule has 0 aromatic carbocycles. The fourth-order valence-electron chi connectivity index (χ4n) is 3.61. The van der Waals surface area contributed by atoms with Crippen LogP contribution < -0.4 is 0 Å². The molecule has 0 amide bonds. The maximum absolute atomic E-state index is 11.2. The minimum absolute atomic E-state index is 0.153. The van der Waals surface area contributed by atoms with Crippen molar-refractivity contribution >= 4 is 5.97 Å². The number of rotatable bonds is 2. The fourth-order valence-corrected chi connectivity index (χ4v) is 3.61. The number of aliphatic carboxylic acids is 1. The van der Waals surface area contributed by atoms with Crippen molar-refractivity contribution < 1.29 is 9.90 Å². The summed E-state index contributed by atoms with van der Waals surface area (Å²) >= 11 is 0. The summed E-state index contributed by atoms with van der Waals surface area (Å²) in [5, 5.41) is 9.19. The van der Waals surface area contributed by atoms with E-state index in [1.165, 1.54) is 19.3 Å². The van der Waals surface area contributed by atoms with Crippen LogP contribution in [0, 0.1) is 23.7 Å². The number of carboxylic acid groups (broad SMARTS) is 1. The Bertz CT molecular complexity index is 292. The third-order valence-corrected chi connectivity index (χ3v) is 4.84. The van der Waals surface area contributed by atoms with Gasteiger partial charge in [0, 0.05) is 19.1 Å². The topological polar surface area (TPSA) is 40.5 Å². The van der Waals surface area contributed by atoms with Crippen molar-refractivity contribution in [3.05, 3.63) is 0 Å². The SMILES string of the molecule is CC1CCC(C)C(N2C[C@@H](C)[C@H](C(=O)O)C2)C1. The maximum atomic E-state index is 11.2. The van der Waals surface area contributed by atoms with Crippen LogP contribution in [0.4, 0.5) is 0 Å². The van der Waals surface area contributed by atoms with Gasteiger partial charge in [-0.25, -0.2) is 0 Å². The molecule has 2 fully saturated rings. The van der Waals surface area contributed by atoms with Gasteiger partial charge in [0.05, 0.1) is 5.92 Å². The van der Waals surface area contributed by atoms with Crippen LogP contribution in [0.15, 0.2) is 0 Å². The second-order valence-corrected chi connectivity index (χ2v) is 6.34. The van der Waals surface area contributed by atoms with E-state index < -0.39 is 5.97 Å². The van der Waals surface area contributed by atoms with Crippen LogP contribution in [-0.2, 0) is 4.79 Å². The Balaban J connectivity index is 2.01. The van der Waals surface area contributed by atoms with Gasteiger partial charge in [-0.1, -0.05) is 27.2 Å². The molecule has 1 aliphatic carbocycles. The number of hydrogen-bond acceptors (Lipinski definition) is 2. The largest absolute Gasteiger partial charge is 0.481 e. The van der Waals surface area contributed by atoms with E-state index in [0.717, 1.165) is 24.9 Å². The van der Waals surface area contributed by atoms with Crippen molar-refractivity contribution in [3.63, 3.8) is 0 Å². The average Bonchev–Trinajstić information content (AvgIpc) is 2.64. The van der Waals surface area contributed by atoms with Gasteiger partial charge in [0.1, 0.15) is 0 Å². The quantitative estimate of drug-likeness (QED) is 0.804. The number of likely N-dealkylation sites (tertiary alicyclic amines) is 1. The third kappa shape index (κ3) is 2.65. The summed E-state index contributed by atoms with van der Waals surface area (Å²) in [5.41, 5.74) is 0. The highest BCUT2D eigenvalue weighted by atomic mass is 16.4. The minimum Gasteiger partial charge on any atom is -0.481 e. The van der Waals surface area contributed by atoms with Crippen LogP contribution >= 0.6 is 0 Å². The normalized spacial score (nSPS) is 43.8. The van der Waals surface area contributed by atoms with Gasteiger partial charge in [-0.3, -0.25) is 9.69 Å². The van der Waals surface area contributed by atoms with E-state index in [9.17, 15) is 9.90 Å². The van der Waals surface area contributed by atoms with Gasteiger partial charge >= 0.3 is 5.97 Å². The van der Waals surface area contributed by atoms with Gasteiger partial charge in [0.25, 0.3) is 0 Å². The van der Waals surface area contributed by atoms with Crippen LogP contribution in [0.1, 0.15) is 40.0 Å².